The van der Waals surface area contributed by atoms with Gasteiger partial charge in [-0.15, -0.1) is 0 Å². The summed E-state index contributed by atoms with van der Waals surface area (Å²) in [6.45, 7) is 2.30. The number of thioether (sulfide) groups is 1. The fourth-order valence-corrected chi connectivity index (χ4v) is 4.06. The van der Waals surface area contributed by atoms with E-state index in [4.69, 9.17) is 4.42 Å². The predicted molar refractivity (Wildman–Crippen MR) is 125 cm³/mol. The molecular formula is C24H22N4O4S. The molecule has 0 bridgehead atoms. The second-order valence-electron chi connectivity index (χ2n) is 7.45. The number of hydrogen-bond donors (Lipinski definition) is 1. The molecule has 1 saturated heterocycles. The van der Waals surface area contributed by atoms with Crippen LogP contribution >= 0.6 is 11.8 Å². The van der Waals surface area contributed by atoms with Crippen LogP contribution in [0.25, 0.3) is 17.4 Å². The van der Waals surface area contributed by atoms with Gasteiger partial charge in [0.2, 0.25) is 5.91 Å². The van der Waals surface area contributed by atoms with E-state index < -0.39 is 0 Å². The van der Waals surface area contributed by atoms with Gasteiger partial charge in [0, 0.05) is 43.9 Å². The van der Waals surface area contributed by atoms with Gasteiger partial charge in [-0.05, 0) is 36.4 Å². The Morgan fingerprint density at radius 1 is 1.18 bits per heavy atom. The van der Waals surface area contributed by atoms with Crippen molar-refractivity contribution in [3.8, 4) is 11.3 Å². The molecule has 0 aliphatic carbocycles. The second-order valence-corrected chi connectivity index (χ2v) is 8.45. The van der Waals surface area contributed by atoms with Crippen molar-refractivity contribution in [3.63, 3.8) is 0 Å². The Morgan fingerprint density at radius 3 is 2.76 bits per heavy atom. The van der Waals surface area contributed by atoms with Gasteiger partial charge in [-0.2, -0.15) is 0 Å². The fourth-order valence-electron chi connectivity index (χ4n) is 3.20. The molecule has 0 spiro atoms. The maximum atomic E-state index is 12.5. The molecule has 8 nitrogen and oxygen atoms in total. The van der Waals surface area contributed by atoms with Gasteiger partial charge in [0.1, 0.15) is 0 Å². The molecule has 1 fully saturated rings. The molecule has 3 amide bonds. The maximum absolute atomic E-state index is 12.5. The summed E-state index contributed by atoms with van der Waals surface area (Å²) in [5, 5.41) is 2.38. The van der Waals surface area contributed by atoms with E-state index in [1.807, 2.05) is 31.2 Å². The van der Waals surface area contributed by atoms with E-state index in [0.29, 0.717) is 23.0 Å². The summed E-state index contributed by atoms with van der Waals surface area (Å²) in [5.41, 5.74) is 2.83. The number of carbonyl (C=O) groups is 3. The van der Waals surface area contributed by atoms with Crippen molar-refractivity contribution >= 4 is 34.9 Å². The molecule has 2 aromatic heterocycles. The topological polar surface area (TPSA) is 105 Å². The number of rotatable bonds is 8. The molecule has 3 heterocycles. The molecule has 1 aromatic carbocycles. The molecule has 0 saturated carbocycles. The number of benzene rings is 1. The monoisotopic (exact) mass is 462 g/mol. The number of aryl methyl sites for hydroxylation is 2. The van der Waals surface area contributed by atoms with E-state index in [2.05, 4.69) is 15.3 Å². The summed E-state index contributed by atoms with van der Waals surface area (Å²) in [6.07, 6.45) is 7.08. The van der Waals surface area contributed by atoms with Gasteiger partial charge in [0.15, 0.2) is 11.7 Å². The summed E-state index contributed by atoms with van der Waals surface area (Å²) >= 11 is 0.882. The van der Waals surface area contributed by atoms with Crippen LogP contribution in [-0.4, -0.2) is 45.0 Å². The number of pyridine rings is 1. The predicted octanol–water partition coefficient (Wildman–Crippen LogP) is 3.83. The van der Waals surface area contributed by atoms with Crippen LogP contribution in [0, 0.1) is 6.92 Å². The SMILES string of the molecule is Cc1ccc(-c2cnc(CCC(=O)NCCN3C(=O)S/C(=C\c4cccnc4)C3=O)o2)cc1. The van der Waals surface area contributed by atoms with Gasteiger partial charge in [-0.25, -0.2) is 4.98 Å². The van der Waals surface area contributed by atoms with Crippen LogP contribution in [0.4, 0.5) is 4.79 Å². The molecule has 0 radical (unpaired) electrons. The van der Waals surface area contributed by atoms with Crippen LogP contribution in [-0.2, 0) is 16.0 Å². The number of nitrogens with zero attached hydrogens (tertiary/aromatic N) is 3. The van der Waals surface area contributed by atoms with E-state index >= 15 is 0 Å². The van der Waals surface area contributed by atoms with Crippen LogP contribution in [0.15, 0.2) is 64.3 Å². The average Bonchev–Trinajstić information content (AvgIpc) is 3.39. The smallest absolute Gasteiger partial charge is 0.293 e. The number of amides is 3. The van der Waals surface area contributed by atoms with Gasteiger partial charge in [-0.1, -0.05) is 35.9 Å². The van der Waals surface area contributed by atoms with E-state index in [1.54, 1.807) is 36.8 Å². The largest absolute Gasteiger partial charge is 0.441 e. The Kier molecular flexibility index (Phi) is 6.99. The van der Waals surface area contributed by atoms with Gasteiger partial charge in [0.05, 0.1) is 11.1 Å². The highest BCUT2D eigenvalue weighted by molar-refractivity contribution is 8.18. The molecule has 1 N–H and O–H groups in total. The second kappa shape index (κ2) is 10.3. The fraction of sp³-hybridized carbons (Fsp3) is 0.208. The zero-order valence-electron chi connectivity index (χ0n) is 18.0. The van der Waals surface area contributed by atoms with Crippen LogP contribution in [0.2, 0.25) is 0 Å². The minimum Gasteiger partial charge on any atom is -0.441 e. The van der Waals surface area contributed by atoms with Crippen LogP contribution in [0.1, 0.15) is 23.4 Å². The lowest BCUT2D eigenvalue weighted by Crippen LogP contribution is -2.37. The highest BCUT2D eigenvalue weighted by Crippen LogP contribution is 2.31. The Hall–Kier alpha value is -3.72. The van der Waals surface area contributed by atoms with Gasteiger partial charge in [0.25, 0.3) is 11.1 Å². The first-order valence-electron chi connectivity index (χ1n) is 10.4. The van der Waals surface area contributed by atoms with Gasteiger partial charge >= 0.3 is 0 Å². The Morgan fingerprint density at radius 2 is 2.00 bits per heavy atom. The van der Waals surface area contributed by atoms with Crippen molar-refractivity contribution in [1.82, 2.24) is 20.2 Å². The van der Waals surface area contributed by atoms with Gasteiger partial charge < -0.3 is 9.73 Å². The third-order valence-electron chi connectivity index (χ3n) is 4.97. The zero-order chi connectivity index (χ0) is 23.2. The minimum absolute atomic E-state index is 0.108. The molecule has 0 atom stereocenters. The first-order chi connectivity index (χ1) is 16.0. The molecular weight excluding hydrogens is 440 g/mol. The average molecular weight is 463 g/mol. The van der Waals surface area contributed by atoms with E-state index in [9.17, 15) is 14.4 Å². The number of oxazole rings is 1. The van der Waals surface area contributed by atoms with E-state index in [0.717, 1.165) is 33.4 Å². The molecule has 9 heteroatoms. The van der Waals surface area contributed by atoms with Crippen molar-refractivity contribution in [2.45, 2.75) is 19.8 Å². The molecule has 168 valence electrons. The third kappa shape index (κ3) is 5.75. The quantitative estimate of drug-likeness (QED) is 0.507. The summed E-state index contributed by atoms with van der Waals surface area (Å²) in [5.74, 6) is 0.561. The molecule has 1 aliphatic heterocycles. The Balaban J connectivity index is 1.23. The summed E-state index contributed by atoms with van der Waals surface area (Å²) in [4.78, 5) is 46.6. The number of hydrogen-bond acceptors (Lipinski definition) is 7. The number of aromatic nitrogens is 2. The van der Waals surface area contributed by atoms with Crippen LogP contribution in [0.3, 0.4) is 0 Å². The molecule has 4 rings (SSSR count). The van der Waals surface area contributed by atoms with Crippen molar-refractivity contribution < 1.29 is 18.8 Å². The van der Waals surface area contributed by atoms with Crippen molar-refractivity contribution in [3.05, 3.63) is 76.9 Å². The Bertz CT molecular complexity index is 1190. The van der Waals surface area contributed by atoms with E-state index in [1.165, 1.54) is 0 Å². The summed E-state index contributed by atoms with van der Waals surface area (Å²) in [7, 11) is 0. The number of carbonyl (C=O) groups excluding carboxylic acids is 3. The van der Waals surface area contributed by atoms with Crippen molar-refractivity contribution in [1.29, 1.82) is 0 Å². The number of imide groups is 1. The normalized spacial score (nSPS) is 14.8. The maximum Gasteiger partial charge on any atom is 0.293 e. The number of nitrogens with one attached hydrogen (secondary N) is 1. The lowest BCUT2D eigenvalue weighted by Gasteiger charge is -2.12. The third-order valence-corrected chi connectivity index (χ3v) is 5.88. The summed E-state index contributed by atoms with van der Waals surface area (Å²) in [6, 6.07) is 11.5. The summed E-state index contributed by atoms with van der Waals surface area (Å²) < 4.78 is 5.73. The first kappa shape index (κ1) is 22.5. The van der Waals surface area contributed by atoms with Crippen molar-refractivity contribution in [2.75, 3.05) is 13.1 Å². The van der Waals surface area contributed by atoms with Crippen LogP contribution < -0.4 is 5.32 Å². The molecule has 1 aliphatic rings. The standard InChI is InChI=1S/C24H22N4O4S/c1-16-4-6-18(7-5-16)19-15-27-22(32-19)9-8-21(29)26-11-12-28-23(30)20(33-24(28)31)13-17-3-2-10-25-14-17/h2-7,10,13-15H,8-9,11-12H2,1H3,(H,26,29)/b20-13-. The van der Waals surface area contributed by atoms with Gasteiger partial charge in [-0.3, -0.25) is 24.3 Å². The molecule has 33 heavy (non-hydrogen) atoms. The zero-order valence-corrected chi connectivity index (χ0v) is 18.8. The highest BCUT2D eigenvalue weighted by Gasteiger charge is 2.34. The minimum atomic E-state index is -0.369. The Labute approximate surface area is 195 Å². The highest BCUT2D eigenvalue weighted by atomic mass is 32.2. The molecule has 3 aromatic rings. The lowest BCUT2D eigenvalue weighted by atomic mass is 10.1. The van der Waals surface area contributed by atoms with E-state index in [-0.39, 0.29) is 36.6 Å². The lowest BCUT2D eigenvalue weighted by molar-refractivity contribution is -0.124. The van der Waals surface area contributed by atoms with Crippen LogP contribution in [0.5, 0.6) is 0 Å². The first-order valence-corrected chi connectivity index (χ1v) is 11.2. The van der Waals surface area contributed by atoms with Crippen molar-refractivity contribution in [2.24, 2.45) is 0 Å². The molecule has 0 unspecified atom stereocenters.